The van der Waals surface area contributed by atoms with E-state index in [1.54, 1.807) is 6.07 Å². The van der Waals surface area contributed by atoms with Crippen LogP contribution in [0.5, 0.6) is 0 Å². The molecule has 0 aliphatic heterocycles. The van der Waals surface area contributed by atoms with Gasteiger partial charge in [-0.05, 0) is 48.9 Å². The van der Waals surface area contributed by atoms with Crippen LogP contribution in [0.4, 0.5) is 0 Å². The highest BCUT2D eigenvalue weighted by Crippen LogP contribution is 2.22. The minimum atomic E-state index is -0.898. The van der Waals surface area contributed by atoms with Gasteiger partial charge in [0.25, 0.3) is 5.91 Å². The standard InChI is InChI=1S/C17H25NO3/c1-11-6-7-13(8-12(11)2)16(21)18-14(9-15(19)20)10-17(3,4)5/h6-8,14H,9-10H2,1-5H3,(H,18,21)(H,19,20). The minimum Gasteiger partial charge on any atom is -0.481 e. The van der Waals surface area contributed by atoms with Crippen LogP contribution >= 0.6 is 0 Å². The summed E-state index contributed by atoms with van der Waals surface area (Å²) < 4.78 is 0. The van der Waals surface area contributed by atoms with Crippen LogP contribution in [0.3, 0.4) is 0 Å². The van der Waals surface area contributed by atoms with E-state index in [0.717, 1.165) is 11.1 Å². The Hall–Kier alpha value is -1.84. The topological polar surface area (TPSA) is 66.4 Å². The molecule has 21 heavy (non-hydrogen) atoms. The molecule has 4 heteroatoms. The van der Waals surface area contributed by atoms with Crippen LogP contribution in [0.15, 0.2) is 18.2 Å². The molecule has 0 saturated heterocycles. The molecule has 0 radical (unpaired) electrons. The number of rotatable bonds is 5. The molecule has 1 aromatic rings. The molecule has 0 aromatic heterocycles. The van der Waals surface area contributed by atoms with Gasteiger partial charge in [0.1, 0.15) is 0 Å². The van der Waals surface area contributed by atoms with Gasteiger partial charge in [-0.25, -0.2) is 0 Å². The number of carboxylic acids is 1. The third-order valence-electron chi connectivity index (χ3n) is 3.38. The SMILES string of the molecule is Cc1ccc(C(=O)NC(CC(=O)O)CC(C)(C)C)cc1C. The number of aliphatic carboxylic acids is 1. The number of carboxylic acid groups (broad SMARTS) is 1. The Morgan fingerprint density at radius 3 is 2.29 bits per heavy atom. The average Bonchev–Trinajstić information content (AvgIpc) is 2.29. The van der Waals surface area contributed by atoms with E-state index < -0.39 is 5.97 Å². The first-order valence-corrected chi connectivity index (χ1v) is 7.18. The van der Waals surface area contributed by atoms with Crippen LogP contribution in [0.1, 0.15) is 55.1 Å². The van der Waals surface area contributed by atoms with E-state index in [9.17, 15) is 9.59 Å². The van der Waals surface area contributed by atoms with Crippen LogP contribution in [-0.2, 0) is 4.79 Å². The lowest BCUT2D eigenvalue weighted by molar-refractivity contribution is -0.137. The maximum atomic E-state index is 12.3. The van der Waals surface area contributed by atoms with Crippen molar-refractivity contribution in [2.24, 2.45) is 5.41 Å². The summed E-state index contributed by atoms with van der Waals surface area (Å²) >= 11 is 0. The van der Waals surface area contributed by atoms with Crippen molar-refractivity contribution in [2.45, 2.75) is 53.5 Å². The number of benzene rings is 1. The second kappa shape index (κ2) is 6.74. The molecule has 1 amide bonds. The van der Waals surface area contributed by atoms with Gasteiger partial charge in [-0.1, -0.05) is 26.8 Å². The fourth-order valence-corrected chi connectivity index (χ4v) is 2.28. The smallest absolute Gasteiger partial charge is 0.305 e. The van der Waals surface area contributed by atoms with Crippen molar-refractivity contribution in [3.05, 3.63) is 34.9 Å². The van der Waals surface area contributed by atoms with Crippen molar-refractivity contribution in [1.82, 2.24) is 5.32 Å². The van der Waals surface area contributed by atoms with E-state index in [0.29, 0.717) is 12.0 Å². The third kappa shape index (κ3) is 5.98. The van der Waals surface area contributed by atoms with Crippen LogP contribution in [0, 0.1) is 19.3 Å². The Morgan fingerprint density at radius 1 is 1.19 bits per heavy atom. The quantitative estimate of drug-likeness (QED) is 0.874. The van der Waals surface area contributed by atoms with Crippen LogP contribution in [-0.4, -0.2) is 23.0 Å². The summed E-state index contributed by atoms with van der Waals surface area (Å²) in [6.45, 7) is 10.0. The Kier molecular flexibility index (Phi) is 5.53. The van der Waals surface area contributed by atoms with E-state index >= 15 is 0 Å². The van der Waals surface area contributed by atoms with E-state index in [4.69, 9.17) is 5.11 Å². The monoisotopic (exact) mass is 291 g/mol. The molecule has 2 N–H and O–H groups in total. The first-order chi connectivity index (χ1) is 9.58. The molecule has 1 unspecified atom stereocenters. The molecule has 1 rings (SSSR count). The van der Waals surface area contributed by atoms with Gasteiger partial charge in [0.05, 0.1) is 6.42 Å². The number of carbonyl (C=O) groups is 2. The second-order valence-corrected chi connectivity index (χ2v) is 6.83. The molecule has 0 saturated carbocycles. The highest BCUT2D eigenvalue weighted by molar-refractivity contribution is 5.94. The fraction of sp³-hybridized carbons (Fsp3) is 0.529. The maximum Gasteiger partial charge on any atom is 0.305 e. The van der Waals surface area contributed by atoms with Crippen LogP contribution in [0.25, 0.3) is 0 Å². The van der Waals surface area contributed by atoms with Crippen molar-refractivity contribution in [3.63, 3.8) is 0 Å². The highest BCUT2D eigenvalue weighted by Gasteiger charge is 2.23. The Morgan fingerprint density at radius 2 is 1.81 bits per heavy atom. The third-order valence-corrected chi connectivity index (χ3v) is 3.38. The van der Waals surface area contributed by atoms with Crippen LogP contribution < -0.4 is 5.32 Å². The lowest BCUT2D eigenvalue weighted by atomic mass is 9.87. The Labute approximate surface area is 126 Å². The number of aryl methyl sites for hydroxylation is 2. The lowest BCUT2D eigenvalue weighted by Crippen LogP contribution is -2.39. The number of hydrogen-bond donors (Lipinski definition) is 2. The summed E-state index contributed by atoms with van der Waals surface area (Å²) in [5.41, 5.74) is 2.70. The van der Waals surface area contributed by atoms with Gasteiger partial charge >= 0.3 is 5.97 Å². The average molecular weight is 291 g/mol. The predicted molar refractivity (Wildman–Crippen MR) is 83.5 cm³/mol. The zero-order chi connectivity index (χ0) is 16.2. The summed E-state index contributed by atoms with van der Waals surface area (Å²) in [6.07, 6.45) is 0.559. The first kappa shape index (κ1) is 17.2. The number of hydrogen-bond acceptors (Lipinski definition) is 2. The largest absolute Gasteiger partial charge is 0.481 e. The number of carbonyl (C=O) groups excluding carboxylic acids is 1. The number of nitrogens with one attached hydrogen (secondary N) is 1. The highest BCUT2D eigenvalue weighted by atomic mass is 16.4. The van der Waals surface area contributed by atoms with E-state index in [2.05, 4.69) is 5.32 Å². The molecular formula is C17H25NO3. The van der Waals surface area contributed by atoms with Gasteiger partial charge in [0.15, 0.2) is 0 Å². The Balaban J connectivity index is 2.83. The van der Waals surface area contributed by atoms with Crippen molar-refractivity contribution >= 4 is 11.9 Å². The zero-order valence-corrected chi connectivity index (χ0v) is 13.5. The van der Waals surface area contributed by atoms with Gasteiger partial charge in [-0.3, -0.25) is 9.59 Å². The fourth-order valence-electron chi connectivity index (χ4n) is 2.28. The predicted octanol–water partition coefficient (Wildman–Crippen LogP) is 3.31. The van der Waals surface area contributed by atoms with Crippen molar-refractivity contribution < 1.29 is 14.7 Å². The van der Waals surface area contributed by atoms with Gasteiger partial charge in [-0.15, -0.1) is 0 Å². The van der Waals surface area contributed by atoms with Gasteiger partial charge < -0.3 is 10.4 Å². The summed E-state index contributed by atoms with van der Waals surface area (Å²) in [4.78, 5) is 23.2. The van der Waals surface area contributed by atoms with Gasteiger partial charge in [-0.2, -0.15) is 0 Å². The van der Waals surface area contributed by atoms with Gasteiger partial charge in [0, 0.05) is 11.6 Å². The molecule has 0 spiro atoms. The molecule has 0 heterocycles. The van der Waals surface area contributed by atoms with E-state index in [-0.39, 0.29) is 23.8 Å². The summed E-state index contributed by atoms with van der Waals surface area (Å²) in [6, 6.07) is 5.14. The maximum absolute atomic E-state index is 12.3. The molecule has 0 bridgehead atoms. The molecule has 0 aliphatic rings. The second-order valence-electron chi connectivity index (χ2n) is 6.83. The normalized spacial score (nSPS) is 12.8. The van der Waals surface area contributed by atoms with Crippen molar-refractivity contribution in [2.75, 3.05) is 0 Å². The molecule has 0 fully saturated rings. The number of amides is 1. The zero-order valence-electron chi connectivity index (χ0n) is 13.5. The summed E-state index contributed by atoms with van der Waals surface area (Å²) in [7, 11) is 0. The van der Waals surface area contributed by atoms with E-state index in [1.807, 2.05) is 46.8 Å². The molecule has 116 valence electrons. The lowest BCUT2D eigenvalue weighted by Gasteiger charge is -2.26. The molecule has 4 nitrogen and oxygen atoms in total. The summed E-state index contributed by atoms with van der Waals surface area (Å²) in [5.74, 6) is -1.11. The summed E-state index contributed by atoms with van der Waals surface area (Å²) in [5, 5.41) is 11.8. The van der Waals surface area contributed by atoms with Crippen molar-refractivity contribution in [1.29, 1.82) is 0 Å². The molecule has 1 atom stereocenters. The van der Waals surface area contributed by atoms with E-state index in [1.165, 1.54) is 0 Å². The van der Waals surface area contributed by atoms with Gasteiger partial charge in [0.2, 0.25) is 0 Å². The molecule has 0 aliphatic carbocycles. The molecular weight excluding hydrogens is 266 g/mol. The van der Waals surface area contributed by atoms with Crippen molar-refractivity contribution in [3.8, 4) is 0 Å². The Bertz CT molecular complexity index is 529. The minimum absolute atomic E-state index is 0.0451. The molecule has 1 aromatic carbocycles. The van der Waals surface area contributed by atoms with Crippen LogP contribution in [0.2, 0.25) is 0 Å². The first-order valence-electron chi connectivity index (χ1n) is 7.18.